The van der Waals surface area contributed by atoms with Gasteiger partial charge in [0.2, 0.25) is 0 Å². The van der Waals surface area contributed by atoms with Gasteiger partial charge in [-0.3, -0.25) is 4.79 Å². The van der Waals surface area contributed by atoms with E-state index in [1.807, 2.05) is 20.0 Å². The quantitative estimate of drug-likeness (QED) is 0.800. The van der Waals surface area contributed by atoms with Crippen LogP contribution in [0.15, 0.2) is 18.3 Å². The Morgan fingerprint density at radius 3 is 3.12 bits per heavy atom. The van der Waals surface area contributed by atoms with Crippen LogP contribution in [0.1, 0.15) is 17.4 Å². The largest absolute Gasteiger partial charge is 0.375 e. The van der Waals surface area contributed by atoms with Crippen molar-refractivity contribution in [2.45, 2.75) is 19.1 Å². The minimum absolute atomic E-state index is 0.0655. The second kappa shape index (κ2) is 5.33. The number of ether oxygens (including phenoxy) is 1. The number of likely N-dealkylation sites (N-methyl/N-ethyl adjacent to an activating group) is 1. The molecule has 2 N–H and O–H groups in total. The standard InChI is InChI=1S/C12H19N3O2/c1-3-17-11-8-15(2)7-10(11)14-12(16)9-5-4-6-13-9/h4-6,10-11,13H,3,7-8H2,1-2H3,(H,14,16)/t10-,11-/m0/s1. The predicted molar refractivity (Wildman–Crippen MR) is 65.0 cm³/mol. The molecule has 17 heavy (non-hydrogen) atoms. The Labute approximate surface area is 101 Å². The molecule has 1 saturated heterocycles. The molecule has 0 aliphatic carbocycles. The van der Waals surface area contributed by atoms with Crippen LogP contribution in [0.4, 0.5) is 0 Å². The van der Waals surface area contributed by atoms with Crippen molar-refractivity contribution in [2.75, 3.05) is 26.7 Å². The summed E-state index contributed by atoms with van der Waals surface area (Å²) in [5, 5.41) is 3.01. The molecule has 2 atom stereocenters. The lowest BCUT2D eigenvalue weighted by atomic mass is 10.2. The number of nitrogens with one attached hydrogen (secondary N) is 2. The number of nitrogens with zero attached hydrogens (tertiary/aromatic N) is 1. The number of rotatable bonds is 4. The van der Waals surface area contributed by atoms with Gasteiger partial charge in [-0.15, -0.1) is 0 Å². The number of carbonyl (C=O) groups excluding carboxylic acids is 1. The van der Waals surface area contributed by atoms with Crippen molar-refractivity contribution in [3.8, 4) is 0 Å². The first-order valence-corrected chi connectivity index (χ1v) is 5.95. The molecular weight excluding hydrogens is 218 g/mol. The van der Waals surface area contributed by atoms with Crippen molar-refractivity contribution in [1.29, 1.82) is 0 Å². The fourth-order valence-corrected chi connectivity index (χ4v) is 2.20. The van der Waals surface area contributed by atoms with Gasteiger partial charge in [0.25, 0.3) is 5.91 Å². The van der Waals surface area contributed by atoms with Crippen LogP contribution in [-0.4, -0.2) is 54.7 Å². The number of aromatic amines is 1. The minimum Gasteiger partial charge on any atom is -0.375 e. The minimum atomic E-state index is -0.0694. The number of likely N-dealkylation sites (tertiary alicyclic amines) is 1. The van der Waals surface area contributed by atoms with Gasteiger partial charge >= 0.3 is 0 Å². The van der Waals surface area contributed by atoms with Crippen LogP contribution in [-0.2, 0) is 4.74 Å². The third kappa shape index (κ3) is 2.87. The van der Waals surface area contributed by atoms with E-state index in [0.717, 1.165) is 13.1 Å². The summed E-state index contributed by atoms with van der Waals surface area (Å²) in [6.45, 7) is 4.34. The summed E-state index contributed by atoms with van der Waals surface area (Å²) >= 11 is 0. The number of carbonyl (C=O) groups is 1. The summed E-state index contributed by atoms with van der Waals surface area (Å²) in [7, 11) is 2.03. The Balaban J connectivity index is 1.95. The van der Waals surface area contributed by atoms with Crippen molar-refractivity contribution < 1.29 is 9.53 Å². The van der Waals surface area contributed by atoms with Gasteiger partial charge in [-0.25, -0.2) is 0 Å². The molecule has 1 aliphatic heterocycles. The highest BCUT2D eigenvalue weighted by Crippen LogP contribution is 2.12. The van der Waals surface area contributed by atoms with Gasteiger partial charge in [-0.1, -0.05) is 0 Å². The molecular formula is C12H19N3O2. The highest BCUT2D eigenvalue weighted by Gasteiger charge is 2.32. The first kappa shape index (κ1) is 12.1. The van der Waals surface area contributed by atoms with E-state index in [4.69, 9.17) is 4.74 Å². The third-order valence-corrected chi connectivity index (χ3v) is 2.99. The molecule has 0 bridgehead atoms. The highest BCUT2D eigenvalue weighted by molar-refractivity contribution is 5.92. The molecule has 1 fully saturated rings. The van der Waals surface area contributed by atoms with E-state index >= 15 is 0 Å². The van der Waals surface area contributed by atoms with Crippen molar-refractivity contribution >= 4 is 5.91 Å². The molecule has 1 amide bonds. The van der Waals surface area contributed by atoms with E-state index in [-0.39, 0.29) is 18.1 Å². The Hall–Kier alpha value is -1.33. The van der Waals surface area contributed by atoms with Crippen LogP contribution in [0.25, 0.3) is 0 Å². The number of amides is 1. The molecule has 0 saturated carbocycles. The molecule has 1 aliphatic rings. The lowest BCUT2D eigenvalue weighted by molar-refractivity contribution is 0.0512. The average molecular weight is 237 g/mol. The Morgan fingerprint density at radius 1 is 1.65 bits per heavy atom. The van der Waals surface area contributed by atoms with Crippen molar-refractivity contribution in [3.05, 3.63) is 24.0 Å². The average Bonchev–Trinajstić information content (AvgIpc) is 2.89. The van der Waals surface area contributed by atoms with E-state index in [9.17, 15) is 4.79 Å². The molecule has 5 nitrogen and oxygen atoms in total. The zero-order valence-electron chi connectivity index (χ0n) is 10.3. The molecule has 1 aromatic rings. The van der Waals surface area contributed by atoms with Gasteiger partial charge in [0.15, 0.2) is 0 Å². The van der Waals surface area contributed by atoms with Crippen molar-refractivity contribution in [2.24, 2.45) is 0 Å². The normalized spacial score (nSPS) is 25.1. The summed E-state index contributed by atoms with van der Waals surface area (Å²) in [5.74, 6) is -0.0694. The predicted octanol–water partition coefficient (Wildman–Crippen LogP) is 0.464. The molecule has 0 radical (unpaired) electrons. The molecule has 0 spiro atoms. The molecule has 2 heterocycles. The fourth-order valence-electron chi connectivity index (χ4n) is 2.20. The Kier molecular flexibility index (Phi) is 3.81. The van der Waals surface area contributed by atoms with Crippen LogP contribution in [0, 0.1) is 0 Å². The van der Waals surface area contributed by atoms with Crippen LogP contribution in [0.2, 0.25) is 0 Å². The Bertz CT molecular complexity index is 364. The fraction of sp³-hybridized carbons (Fsp3) is 0.583. The number of aromatic nitrogens is 1. The number of H-pyrrole nitrogens is 1. The molecule has 5 heteroatoms. The van der Waals surface area contributed by atoms with Gasteiger partial charge < -0.3 is 19.9 Å². The second-order valence-corrected chi connectivity index (χ2v) is 4.38. The summed E-state index contributed by atoms with van der Waals surface area (Å²) in [4.78, 5) is 17.0. The van der Waals surface area contributed by atoms with Crippen molar-refractivity contribution in [1.82, 2.24) is 15.2 Å². The lowest BCUT2D eigenvalue weighted by Gasteiger charge is -2.19. The monoisotopic (exact) mass is 237 g/mol. The van der Waals surface area contributed by atoms with E-state index in [2.05, 4.69) is 15.2 Å². The maximum absolute atomic E-state index is 11.9. The van der Waals surface area contributed by atoms with Gasteiger partial charge in [0.1, 0.15) is 5.69 Å². The van der Waals surface area contributed by atoms with Gasteiger partial charge in [0, 0.05) is 25.9 Å². The first-order valence-electron chi connectivity index (χ1n) is 5.95. The van der Waals surface area contributed by atoms with Gasteiger partial charge in [-0.2, -0.15) is 0 Å². The number of hydrogen-bond acceptors (Lipinski definition) is 3. The van der Waals surface area contributed by atoms with E-state index in [0.29, 0.717) is 12.3 Å². The third-order valence-electron chi connectivity index (χ3n) is 2.99. The highest BCUT2D eigenvalue weighted by atomic mass is 16.5. The van der Waals surface area contributed by atoms with Crippen LogP contribution in [0.3, 0.4) is 0 Å². The maximum Gasteiger partial charge on any atom is 0.268 e. The summed E-state index contributed by atoms with van der Waals surface area (Å²) in [5.41, 5.74) is 0.592. The van der Waals surface area contributed by atoms with Crippen LogP contribution in [0.5, 0.6) is 0 Å². The van der Waals surface area contributed by atoms with E-state index in [1.54, 1.807) is 12.3 Å². The SMILES string of the molecule is CCO[C@H]1CN(C)C[C@@H]1NC(=O)c1ccc[nH]1. The molecule has 2 rings (SSSR count). The second-order valence-electron chi connectivity index (χ2n) is 4.38. The smallest absolute Gasteiger partial charge is 0.268 e. The molecule has 0 aromatic carbocycles. The summed E-state index contributed by atoms with van der Waals surface area (Å²) in [6.07, 6.45) is 1.83. The summed E-state index contributed by atoms with van der Waals surface area (Å²) < 4.78 is 5.64. The lowest BCUT2D eigenvalue weighted by Crippen LogP contribution is -2.44. The van der Waals surface area contributed by atoms with Crippen LogP contribution >= 0.6 is 0 Å². The zero-order chi connectivity index (χ0) is 12.3. The molecule has 0 unspecified atom stereocenters. The van der Waals surface area contributed by atoms with Crippen LogP contribution < -0.4 is 5.32 Å². The van der Waals surface area contributed by atoms with E-state index < -0.39 is 0 Å². The summed E-state index contributed by atoms with van der Waals surface area (Å²) in [6, 6.07) is 3.65. The maximum atomic E-state index is 11.9. The molecule has 1 aromatic heterocycles. The Morgan fingerprint density at radius 2 is 2.47 bits per heavy atom. The molecule has 94 valence electrons. The topological polar surface area (TPSA) is 57.4 Å². The first-order chi connectivity index (χ1) is 8.20. The number of hydrogen-bond donors (Lipinski definition) is 2. The van der Waals surface area contributed by atoms with E-state index in [1.165, 1.54) is 0 Å². The zero-order valence-corrected chi connectivity index (χ0v) is 10.3. The van der Waals surface area contributed by atoms with Gasteiger partial charge in [-0.05, 0) is 26.1 Å². The van der Waals surface area contributed by atoms with Crippen molar-refractivity contribution in [3.63, 3.8) is 0 Å². The van der Waals surface area contributed by atoms with Gasteiger partial charge in [0.05, 0.1) is 12.1 Å².